The molecule has 0 radical (unpaired) electrons. The molecule has 1 fully saturated rings. The molecule has 0 saturated carbocycles. The highest BCUT2D eigenvalue weighted by Crippen LogP contribution is 2.23. The molecule has 2 aromatic carbocycles. The van der Waals surface area contributed by atoms with Crippen LogP contribution in [0.15, 0.2) is 58.5 Å². The Morgan fingerprint density at radius 3 is 2.40 bits per heavy atom. The van der Waals surface area contributed by atoms with Gasteiger partial charge in [-0.1, -0.05) is 23.9 Å². The van der Waals surface area contributed by atoms with Crippen molar-refractivity contribution in [2.75, 3.05) is 45.3 Å². The van der Waals surface area contributed by atoms with Crippen molar-refractivity contribution in [3.63, 3.8) is 0 Å². The molecule has 1 aliphatic heterocycles. The van der Waals surface area contributed by atoms with Crippen LogP contribution in [0, 0.1) is 6.92 Å². The molecule has 1 aromatic heterocycles. The topological polar surface area (TPSA) is 87.8 Å². The predicted molar refractivity (Wildman–Crippen MR) is 138 cm³/mol. The monoisotopic (exact) mass is 494 g/mol. The predicted octanol–water partition coefficient (Wildman–Crippen LogP) is 3.28. The van der Waals surface area contributed by atoms with Gasteiger partial charge in [-0.05, 0) is 48.9 Å². The highest BCUT2D eigenvalue weighted by atomic mass is 32.2. The van der Waals surface area contributed by atoms with E-state index in [9.17, 15) is 9.59 Å². The molecular formula is C26H30N4O4S. The number of nitrogens with zero attached hydrogens (tertiary/aromatic N) is 3. The summed E-state index contributed by atoms with van der Waals surface area (Å²) in [6, 6.07) is 15.7. The molecule has 1 aliphatic rings. The highest BCUT2D eigenvalue weighted by Gasteiger charge is 2.23. The normalized spacial score (nSPS) is 13.6. The minimum atomic E-state index is -0.254. The van der Waals surface area contributed by atoms with Gasteiger partial charge in [0.1, 0.15) is 11.5 Å². The zero-order valence-electron chi connectivity index (χ0n) is 20.2. The maximum atomic E-state index is 12.9. The second-order valence-electron chi connectivity index (χ2n) is 8.32. The van der Waals surface area contributed by atoms with Crippen LogP contribution in [0.3, 0.4) is 0 Å². The molecule has 1 N–H and O–H groups in total. The molecule has 8 nitrogen and oxygen atoms in total. The van der Waals surface area contributed by atoms with Crippen molar-refractivity contribution in [3.05, 3.63) is 75.7 Å². The number of hydrogen-bond acceptors (Lipinski definition) is 7. The first-order valence-corrected chi connectivity index (χ1v) is 12.5. The van der Waals surface area contributed by atoms with Crippen molar-refractivity contribution in [2.24, 2.45) is 0 Å². The van der Waals surface area contributed by atoms with Gasteiger partial charge in [-0.15, -0.1) is 0 Å². The van der Waals surface area contributed by atoms with E-state index in [2.05, 4.69) is 14.9 Å². The molecular weight excluding hydrogens is 464 g/mol. The van der Waals surface area contributed by atoms with E-state index < -0.39 is 0 Å². The van der Waals surface area contributed by atoms with E-state index in [1.165, 1.54) is 11.8 Å². The van der Waals surface area contributed by atoms with Crippen LogP contribution < -0.4 is 19.9 Å². The van der Waals surface area contributed by atoms with Crippen molar-refractivity contribution in [1.29, 1.82) is 0 Å². The summed E-state index contributed by atoms with van der Waals surface area (Å²) in [6.07, 6.45) is 0.0531. The Morgan fingerprint density at radius 1 is 1.03 bits per heavy atom. The number of amides is 1. The first-order chi connectivity index (χ1) is 17.0. The number of thioether (sulfide) groups is 1. The largest absolute Gasteiger partial charge is 0.497 e. The zero-order valence-corrected chi connectivity index (χ0v) is 21.1. The van der Waals surface area contributed by atoms with Gasteiger partial charge in [0.05, 0.1) is 20.6 Å². The molecule has 3 aromatic rings. The van der Waals surface area contributed by atoms with Crippen LogP contribution in [-0.4, -0.2) is 61.2 Å². The van der Waals surface area contributed by atoms with E-state index in [0.29, 0.717) is 35.3 Å². The minimum absolute atomic E-state index is 0.0495. The van der Waals surface area contributed by atoms with Crippen LogP contribution in [0.5, 0.6) is 11.5 Å². The quantitative estimate of drug-likeness (QED) is 0.380. The van der Waals surface area contributed by atoms with E-state index in [4.69, 9.17) is 9.47 Å². The molecule has 184 valence electrons. The van der Waals surface area contributed by atoms with E-state index in [1.807, 2.05) is 53.4 Å². The van der Waals surface area contributed by atoms with Crippen molar-refractivity contribution in [2.45, 2.75) is 24.3 Å². The number of piperazine rings is 1. The summed E-state index contributed by atoms with van der Waals surface area (Å²) in [7, 11) is 3.28. The van der Waals surface area contributed by atoms with E-state index >= 15 is 0 Å². The van der Waals surface area contributed by atoms with Gasteiger partial charge in [0.25, 0.3) is 5.56 Å². The summed E-state index contributed by atoms with van der Waals surface area (Å²) in [4.78, 5) is 37.2. The maximum Gasteiger partial charge on any atom is 0.255 e. The standard InChI is InChI=1S/C26H30N4O4S/c1-18-23(25(32)28-26(27-18)35-17-19-5-4-6-22(15-19)34-3)16-24(31)30-13-11-29(12-14-30)20-7-9-21(33-2)10-8-20/h4-10,15H,11-14,16-17H2,1-3H3,(H,27,28,32). The average molecular weight is 495 g/mol. The summed E-state index contributed by atoms with van der Waals surface area (Å²) in [5, 5.41) is 0.541. The van der Waals surface area contributed by atoms with Crippen LogP contribution in [0.1, 0.15) is 16.8 Å². The van der Waals surface area contributed by atoms with Crippen LogP contribution in [-0.2, 0) is 17.0 Å². The number of ether oxygens (including phenoxy) is 2. The van der Waals surface area contributed by atoms with Crippen LogP contribution >= 0.6 is 11.8 Å². The summed E-state index contributed by atoms with van der Waals surface area (Å²) >= 11 is 1.45. The third-order valence-electron chi connectivity index (χ3n) is 6.11. The molecule has 0 atom stereocenters. The van der Waals surface area contributed by atoms with Gasteiger partial charge in [-0.3, -0.25) is 9.59 Å². The van der Waals surface area contributed by atoms with E-state index in [-0.39, 0.29) is 17.9 Å². The molecule has 2 heterocycles. The fourth-order valence-electron chi connectivity index (χ4n) is 4.05. The van der Waals surface area contributed by atoms with Gasteiger partial charge in [-0.2, -0.15) is 0 Å². The number of aryl methyl sites for hydroxylation is 1. The number of anilines is 1. The molecule has 1 saturated heterocycles. The van der Waals surface area contributed by atoms with E-state index in [0.717, 1.165) is 35.8 Å². The number of carbonyl (C=O) groups excluding carboxylic acids is 1. The Hall–Kier alpha value is -3.46. The molecule has 0 spiro atoms. The Balaban J connectivity index is 1.33. The highest BCUT2D eigenvalue weighted by molar-refractivity contribution is 7.98. The Kier molecular flexibility index (Phi) is 7.97. The maximum absolute atomic E-state index is 12.9. The SMILES string of the molecule is COc1ccc(N2CCN(C(=O)Cc3c(C)nc(SCc4cccc(OC)c4)[nH]c3=O)CC2)cc1. The number of rotatable bonds is 8. The van der Waals surface area contributed by atoms with Crippen molar-refractivity contribution in [3.8, 4) is 11.5 Å². The Labute approximate surface area is 209 Å². The average Bonchev–Trinajstić information content (AvgIpc) is 2.89. The summed E-state index contributed by atoms with van der Waals surface area (Å²) < 4.78 is 10.5. The molecule has 1 amide bonds. The van der Waals surface area contributed by atoms with Gasteiger partial charge in [0, 0.05) is 48.9 Å². The molecule has 0 aliphatic carbocycles. The first-order valence-electron chi connectivity index (χ1n) is 11.5. The number of H-pyrrole nitrogens is 1. The molecule has 4 rings (SSSR count). The summed E-state index contributed by atoms with van der Waals surface area (Å²) in [5.74, 6) is 2.21. The fourth-order valence-corrected chi connectivity index (χ4v) is 4.89. The number of aromatic nitrogens is 2. The molecule has 35 heavy (non-hydrogen) atoms. The number of benzene rings is 2. The van der Waals surface area contributed by atoms with Crippen LogP contribution in [0.25, 0.3) is 0 Å². The Morgan fingerprint density at radius 2 is 1.74 bits per heavy atom. The van der Waals surface area contributed by atoms with Crippen molar-refractivity contribution >= 4 is 23.4 Å². The van der Waals surface area contributed by atoms with E-state index in [1.54, 1.807) is 21.1 Å². The number of carbonyl (C=O) groups is 1. The summed E-state index contributed by atoms with van der Waals surface area (Å²) in [6.45, 7) is 4.50. The van der Waals surface area contributed by atoms with Crippen LogP contribution in [0.4, 0.5) is 5.69 Å². The van der Waals surface area contributed by atoms with Crippen molar-refractivity contribution < 1.29 is 14.3 Å². The molecule has 9 heteroatoms. The second kappa shape index (κ2) is 11.3. The van der Waals surface area contributed by atoms with Gasteiger partial charge < -0.3 is 24.3 Å². The second-order valence-corrected chi connectivity index (χ2v) is 9.28. The molecule has 0 unspecified atom stereocenters. The fraction of sp³-hybridized carbons (Fsp3) is 0.346. The van der Waals surface area contributed by atoms with Gasteiger partial charge in [0.2, 0.25) is 5.91 Å². The summed E-state index contributed by atoms with van der Waals surface area (Å²) in [5.41, 5.74) is 2.94. The lowest BCUT2D eigenvalue weighted by Crippen LogP contribution is -2.49. The molecule has 0 bridgehead atoms. The first kappa shape index (κ1) is 24.7. The van der Waals surface area contributed by atoms with Gasteiger partial charge in [-0.25, -0.2) is 4.98 Å². The lowest BCUT2D eigenvalue weighted by atomic mass is 10.1. The smallest absolute Gasteiger partial charge is 0.255 e. The van der Waals surface area contributed by atoms with Gasteiger partial charge >= 0.3 is 0 Å². The third-order valence-corrected chi connectivity index (χ3v) is 7.05. The Bertz CT molecular complexity index is 1220. The lowest BCUT2D eigenvalue weighted by Gasteiger charge is -2.36. The van der Waals surface area contributed by atoms with Crippen LogP contribution in [0.2, 0.25) is 0 Å². The van der Waals surface area contributed by atoms with Gasteiger partial charge in [0.15, 0.2) is 5.16 Å². The van der Waals surface area contributed by atoms with Crippen molar-refractivity contribution in [1.82, 2.24) is 14.9 Å². The zero-order chi connectivity index (χ0) is 24.8. The number of nitrogens with one attached hydrogen (secondary N) is 1. The number of hydrogen-bond donors (Lipinski definition) is 1. The third kappa shape index (κ3) is 6.16. The minimum Gasteiger partial charge on any atom is -0.497 e. The number of methoxy groups -OCH3 is 2. The number of aromatic amines is 1. The lowest BCUT2D eigenvalue weighted by molar-refractivity contribution is -0.130.